The minimum Gasteiger partial charge on any atom is -0.497 e. The molecular formula is C22H25NO5. The summed E-state index contributed by atoms with van der Waals surface area (Å²) in [5, 5.41) is 3.73. The molecule has 1 heterocycles. The molecule has 3 rings (SSSR count). The lowest BCUT2D eigenvalue weighted by Crippen LogP contribution is -2.13. The molecule has 0 radical (unpaired) electrons. The molecule has 0 spiro atoms. The number of rotatable bonds is 8. The zero-order chi connectivity index (χ0) is 20.1. The quantitative estimate of drug-likeness (QED) is 0.542. The van der Waals surface area contributed by atoms with Crippen molar-refractivity contribution in [1.82, 2.24) is 0 Å². The number of nitrogens with one attached hydrogen (secondary N) is 1. The fraction of sp³-hybridized carbons (Fsp3) is 0.318. The minimum atomic E-state index is -0.346. The molecule has 6 nitrogen and oxygen atoms in total. The number of furan rings is 1. The van der Waals surface area contributed by atoms with Gasteiger partial charge in [-0.25, -0.2) is 0 Å². The Morgan fingerprint density at radius 1 is 1.07 bits per heavy atom. The topological polar surface area (TPSA) is 69.9 Å². The first-order valence-corrected chi connectivity index (χ1v) is 9.26. The van der Waals surface area contributed by atoms with Gasteiger partial charge in [0.05, 0.1) is 26.5 Å². The van der Waals surface area contributed by atoms with E-state index < -0.39 is 0 Å². The van der Waals surface area contributed by atoms with E-state index >= 15 is 0 Å². The van der Waals surface area contributed by atoms with Crippen LogP contribution in [0, 0.1) is 6.92 Å². The number of amides is 1. The number of hydrogen-bond donors (Lipinski definition) is 1. The fourth-order valence-corrected chi connectivity index (χ4v) is 2.91. The van der Waals surface area contributed by atoms with Crippen LogP contribution in [0.1, 0.15) is 35.9 Å². The van der Waals surface area contributed by atoms with Crippen molar-refractivity contribution < 1.29 is 23.4 Å². The third kappa shape index (κ3) is 4.06. The number of aryl methyl sites for hydroxylation is 1. The van der Waals surface area contributed by atoms with Gasteiger partial charge in [-0.2, -0.15) is 0 Å². The molecule has 1 N–H and O–H groups in total. The normalized spacial score (nSPS) is 10.7. The van der Waals surface area contributed by atoms with Crippen molar-refractivity contribution in [1.29, 1.82) is 0 Å². The molecule has 3 aromatic rings. The number of benzene rings is 2. The largest absolute Gasteiger partial charge is 0.497 e. The number of ether oxygens (including phenoxy) is 3. The van der Waals surface area contributed by atoms with Gasteiger partial charge in [0.1, 0.15) is 22.8 Å². The van der Waals surface area contributed by atoms with Crippen LogP contribution in [0.4, 0.5) is 5.69 Å². The van der Waals surface area contributed by atoms with E-state index in [9.17, 15) is 4.79 Å². The van der Waals surface area contributed by atoms with Crippen LogP contribution in [-0.4, -0.2) is 26.7 Å². The summed E-state index contributed by atoms with van der Waals surface area (Å²) in [6.07, 6.45) is 1.96. The number of fused-ring (bicyclic) bond motifs is 1. The number of hydrogen-bond acceptors (Lipinski definition) is 5. The van der Waals surface area contributed by atoms with Crippen molar-refractivity contribution in [3.8, 4) is 17.2 Å². The summed E-state index contributed by atoms with van der Waals surface area (Å²) < 4.78 is 22.1. The Morgan fingerprint density at radius 2 is 1.79 bits per heavy atom. The highest BCUT2D eigenvalue weighted by molar-refractivity contribution is 6.07. The number of carbonyl (C=O) groups excluding carboxylic acids is 1. The summed E-state index contributed by atoms with van der Waals surface area (Å²) in [6.45, 7) is 4.53. The molecule has 1 amide bonds. The number of anilines is 1. The average Bonchev–Trinajstić information content (AvgIpc) is 3.05. The first kappa shape index (κ1) is 19.6. The smallest absolute Gasteiger partial charge is 0.291 e. The monoisotopic (exact) mass is 383 g/mol. The molecule has 0 atom stereocenters. The third-order valence-corrected chi connectivity index (χ3v) is 4.54. The fourth-order valence-electron chi connectivity index (χ4n) is 2.91. The number of methoxy groups -OCH3 is 2. The maximum atomic E-state index is 12.9. The summed E-state index contributed by atoms with van der Waals surface area (Å²) in [4.78, 5) is 12.9. The van der Waals surface area contributed by atoms with Crippen LogP contribution >= 0.6 is 0 Å². The minimum absolute atomic E-state index is 0.255. The highest BCUT2D eigenvalue weighted by Gasteiger charge is 2.20. The van der Waals surface area contributed by atoms with Crippen LogP contribution < -0.4 is 19.5 Å². The first-order valence-electron chi connectivity index (χ1n) is 9.26. The summed E-state index contributed by atoms with van der Waals surface area (Å²) in [5.41, 5.74) is 1.93. The molecule has 0 saturated heterocycles. The Morgan fingerprint density at radius 3 is 2.50 bits per heavy atom. The van der Waals surface area contributed by atoms with Gasteiger partial charge in [-0.15, -0.1) is 0 Å². The van der Waals surface area contributed by atoms with Gasteiger partial charge in [0.15, 0.2) is 5.76 Å². The maximum Gasteiger partial charge on any atom is 0.291 e. The third-order valence-electron chi connectivity index (χ3n) is 4.54. The van der Waals surface area contributed by atoms with Gasteiger partial charge in [-0.1, -0.05) is 13.3 Å². The molecule has 0 unspecified atom stereocenters. The Hall–Kier alpha value is -3.15. The molecule has 0 fully saturated rings. The molecule has 0 aliphatic carbocycles. The summed E-state index contributed by atoms with van der Waals surface area (Å²) >= 11 is 0. The van der Waals surface area contributed by atoms with Gasteiger partial charge in [0.25, 0.3) is 5.91 Å². The van der Waals surface area contributed by atoms with E-state index in [1.807, 2.05) is 13.0 Å². The molecule has 0 bridgehead atoms. The van der Waals surface area contributed by atoms with Gasteiger partial charge in [-0.3, -0.25) is 4.79 Å². The second kappa shape index (κ2) is 8.69. The zero-order valence-corrected chi connectivity index (χ0v) is 16.6. The van der Waals surface area contributed by atoms with E-state index in [-0.39, 0.29) is 11.7 Å². The summed E-state index contributed by atoms with van der Waals surface area (Å²) in [6, 6.07) is 10.8. The highest BCUT2D eigenvalue weighted by Crippen LogP contribution is 2.32. The zero-order valence-electron chi connectivity index (χ0n) is 16.6. The van der Waals surface area contributed by atoms with E-state index in [1.54, 1.807) is 44.6 Å². The van der Waals surface area contributed by atoms with Crippen molar-refractivity contribution in [2.75, 3.05) is 26.1 Å². The van der Waals surface area contributed by atoms with Crippen molar-refractivity contribution in [3.63, 3.8) is 0 Å². The van der Waals surface area contributed by atoms with Crippen LogP contribution in [-0.2, 0) is 0 Å². The Labute approximate surface area is 164 Å². The molecule has 28 heavy (non-hydrogen) atoms. The van der Waals surface area contributed by atoms with Crippen LogP contribution in [0.3, 0.4) is 0 Å². The highest BCUT2D eigenvalue weighted by atomic mass is 16.5. The van der Waals surface area contributed by atoms with Crippen LogP contribution in [0.15, 0.2) is 40.8 Å². The molecular weight excluding hydrogens is 358 g/mol. The predicted octanol–water partition coefficient (Wildman–Crippen LogP) is 5.19. The Balaban J connectivity index is 1.89. The lowest BCUT2D eigenvalue weighted by molar-refractivity contribution is 0.0997. The lowest BCUT2D eigenvalue weighted by atomic mass is 10.1. The SMILES string of the molecule is CCCCOc1ccc(OC)cc1NC(=O)c1oc2ccc(OC)cc2c1C. The summed E-state index contributed by atoms with van der Waals surface area (Å²) in [7, 11) is 3.18. The Bertz CT molecular complexity index is 976. The second-order valence-corrected chi connectivity index (χ2v) is 6.44. The second-order valence-electron chi connectivity index (χ2n) is 6.44. The molecule has 2 aromatic carbocycles. The van der Waals surface area contributed by atoms with E-state index in [2.05, 4.69) is 12.2 Å². The van der Waals surface area contributed by atoms with Gasteiger partial charge < -0.3 is 23.9 Å². The van der Waals surface area contributed by atoms with Crippen LogP contribution in [0.5, 0.6) is 17.2 Å². The van der Waals surface area contributed by atoms with Gasteiger partial charge in [0, 0.05) is 17.0 Å². The molecule has 148 valence electrons. The van der Waals surface area contributed by atoms with Crippen molar-refractivity contribution in [2.24, 2.45) is 0 Å². The first-order chi connectivity index (χ1) is 13.6. The molecule has 0 aliphatic rings. The molecule has 1 aromatic heterocycles. The van der Waals surface area contributed by atoms with E-state index in [4.69, 9.17) is 18.6 Å². The molecule has 0 saturated carbocycles. The van der Waals surface area contributed by atoms with Crippen LogP contribution in [0.2, 0.25) is 0 Å². The summed E-state index contributed by atoms with van der Waals surface area (Å²) in [5.74, 6) is 1.84. The van der Waals surface area contributed by atoms with Crippen molar-refractivity contribution >= 4 is 22.6 Å². The van der Waals surface area contributed by atoms with E-state index in [0.29, 0.717) is 35.1 Å². The molecule has 0 aliphatic heterocycles. The average molecular weight is 383 g/mol. The standard InChI is InChI=1S/C22H25NO5/c1-5-6-11-27-20-10-8-16(26-4)13-18(20)23-22(24)21-14(2)17-12-15(25-3)7-9-19(17)28-21/h7-10,12-13H,5-6,11H2,1-4H3,(H,23,24). The lowest BCUT2D eigenvalue weighted by Gasteiger charge is -2.13. The van der Waals surface area contributed by atoms with Gasteiger partial charge >= 0.3 is 0 Å². The number of carbonyl (C=O) groups is 1. The number of unbranched alkanes of at least 4 members (excludes halogenated alkanes) is 1. The van der Waals surface area contributed by atoms with Crippen molar-refractivity contribution in [2.45, 2.75) is 26.7 Å². The Kier molecular flexibility index (Phi) is 6.09. The van der Waals surface area contributed by atoms with Gasteiger partial charge in [-0.05, 0) is 43.7 Å². The predicted molar refractivity (Wildman–Crippen MR) is 109 cm³/mol. The maximum absolute atomic E-state index is 12.9. The van der Waals surface area contributed by atoms with Crippen LogP contribution in [0.25, 0.3) is 11.0 Å². The van der Waals surface area contributed by atoms with Crippen molar-refractivity contribution in [3.05, 3.63) is 47.7 Å². The van der Waals surface area contributed by atoms with E-state index in [1.165, 1.54) is 0 Å². The van der Waals surface area contributed by atoms with E-state index in [0.717, 1.165) is 23.8 Å². The molecule has 6 heteroatoms. The van der Waals surface area contributed by atoms with Gasteiger partial charge in [0.2, 0.25) is 0 Å².